The van der Waals surface area contributed by atoms with Crippen molar-refractivity contribution in [3.63, 3.8) is 0 Å². The second-order valence-corrected chi connectivity index (χ2v) is 6.96. The molecule has 1 saturated heterocycles. The standard InChI is InChI=1S/C17H21ClN2O2/c1-10-5-6-12(16(19)21)9-20(10)17(22)15-8-14(15)11-3-2-4-13(18)7-11/h2-4,7,10,12,14-15H,5-6,8-9H2,1H3,(H2,19,21)/t10-,12+,14-,15-/m1/s1. The van der Waals surface area contributed by atoms with Crippen molar-refractivity contribution in [3.8, 4) is 0 Å². The fourth-order valence-electron chi connectivity index (χ4n) is 3.43. The molecule has 118 valence electrons. The molecule has 0 radical (unpaired) electrons. The van der Waals surface area contributed by atoms with E-state index in [4.69, 9.17) is 17.3 Å². The highest BCUT2D eigenvalue weighted by Crippen LogP contribution is 2.49. The minimum absolute atomic E-state index is 0.0209. The van der Waals surface area contributed by atoms with Crippen LogP contribution in [-0.2, 0) is 9.59 Å². The van der Waals surface area contributed by atoms with Crippen LogP contribution < -0.4 is 5.73 Å². The number of carbonyl (C=O) groups excluding carboxylic acids is 2. The Morgan fingerprint density at radius 3 is 2.77 bits per heavy atom. The zero-order valence-electron chi connectivity index (χ0n) is 12.7. The van der Waals surface area contributed by atoms with Gasteiger partial charge in [0.1, 0.15) is 0 Å². The molecule has 5 heteroatoms. The van der Waals surface area contributed by atoms with Crippen LogP contribution in [0.3, 0.4) is 0 Å². The molecule has 2 N–H and O–H groups in total. The molecule has 4 nitrogen and oxygen atoms in total. The lowest BCUT2D eigenvalue weighted by Gasteiger charge is -2.37. The summed E-state index contributed by atoms with van der Waals surface area (Å²) in [6.45, 7) is 2.51. The molecule has 0 aromatic heterocycles. The van der Waals surface area contributed by atoms with E-state index in [0.717, 1.165) is 24.8 Å². The van der Waals surface area contributed by atoms with Gasteiger partial charge in [0.05, 0.1) is 5.92 Å². The average molecular weight is 321 g/mol. The summed E-state index contributed by atoms with van der Waals surface area (Å²) in [5.74, 6) is -0.0706. The third kappa shape index (κ3) is 2.98. The molecule has 2 amide bonds. The Balaban J connectivity index is 1.68. The predicted molar refractivity (Wildman–Crippen MR) is 85.4 cm³/mol. The van der Waals surface area contributed by atoms with Crippen LogP contribution in [0.4, 0.5) is 0 Å². The number of likely N-dealkylation sites (tertiary alicyclic amines) is 1. The van der Waals surface area contributed by atoms with Crippen LogP contribution >= 0.6 is 11.6 Å². The SMILES string of the molecule is C[C@@H]1CC[C@H](C(N)=O)CN1C(=O)[C@@H]1C[C@@H]1c1cccc(Cl)c1. The summed E-state index contributed by atoms with van der Waals surface area (Å²) < 4.78 is 0. The van der Waals surface area contributed by atoms with Crippen molar-refractivity contribution in [2.75, 3.05) is 6.54 Å². The summed E-state index contributed by atoms with van der Waals surface area (Å²) >= 11 is 6.02. The van der Waals surface area contributed by atoms with E-state index in [9.17, 15) is 9.59 Å². The summed E-state index contributed by atoms with van der Waals surface area (Å²) in [6.07, 6.45) is 2.49. The van der Waals surface area contributed by atoms with Gasteiger partial charge in [-0.25, -0.2) is 0 Å². The summed E-state index contributed by atoms with van der Waals surface area (Å²) in [4.78, 5) is 26.0. The first kappa shape index (κ1) is 15.3. The molecule has 3 rings (SSSR count). The van der Waals surface area contributed by atoms with Crippen LogP contribution in [0.15, 0.2) is 24.3 Å². The summed E-state index contributed by atoms with van der Waals surface area (Å²) in [6, 6.07) is 7.91. The molecular weight excluding hydrogens is 300 g/mol. The van der Waals surface area contributed by atoms with Crippen LogP contribution in [0.1, 0.15) is 37.7 Å². The minimum Gasteiger partial charge on any atom is -0.369 e. The zero-order chi connectivity index (χ0) is 15.9. The lowest BCUT2D eigenvalue weighted by Crippen LogP contribution is -2.49. The average Bonchev–Trinajstić information content (AvgIpc) is 3.27. The van der Waals surface area contributed by atoms with Crippen molar-refractivity contribution in [2.24, 2.45) is 17.6 Å². The molecule has 0 bridgehead atoms. The van der Waals surface area contributed by atoms with Gasteiger partial charge in [-0.2, -0.15) is 0 Å². The Labute approximate surface area is 135 Å². The molecular formula is C17H21ClN2O2. The number of halogens is 1. The van der Waals surface area contributed by atoms with Gasteiger partial charge in [0.2, 0.25) is 11.8 Å². The second-order valence-electron chi connectivity index (χ2n) is 6.52. The number of benzene rings is 1. The smallest absolute Gasteiger partial charge is 0.226 e. The van der Waals surface area contributed by atoms with Gasteiger partial charge in [-0.05, 0) is 49.8 Å². The quantitative estimate of drug-likeness (QED) is 0.930. The van der Waals surface area contributed by atoms with Gasteiger partial charge in [-0.15, -0.1) is 0 Å². The highest BCUT2D eigenvalue weighted by Gasteiger charge is 2.47. The van der Waals surface area contributed by atoms with E-state index in [1.807, 2.05) is 36.1 Å². The molecule has 22 heavy (non-hydrogen) atoms. The monoisotopic (exact) mass is 320 g/mol. The first-order valence-electron chi connectivity index (χ1n) is 7.82. The predicted octanol–water partition coefficient (Wildman–Crippen LogP) is 2.56. The topological polar surface area (TPSA) is 63.4 Å². The van der Waals surface area contributed by atoms with E-state index in [1.165, 1.54) is 0 Å². The first-order chi connectivity index (χ1) is 10.5. The van der Waals surface area contributed by atoms with Crippen LogP contribution in [0.2, 0.25) is 5.02 Å². The van der Waals surface area contributed by atoms with Gasteiger partial charge in [0.25, 0.3) is 0 Å². The molecule has 1 heterocycles. The summed E-state index contributed by atoms with van der Waals surface area (Å²) in [5.41, 5.74) is 6.54. The number of piperidine rings is 1. The number of carbonyl (C=O) groups is 2. The maximum absolute atomic E-state index is 12.7. The number of hydrogen-bond acceptors (Lipinski definition) is 2. The van der Waals surface area contributed by atoms with E-state index in [1.54, 1.807) is 0 Å². The van der Waals surface area contributed by atoms with Gasteiger partial charge < -0.3 is 10.6 Å². The van der Waals surface area contributed by atoms with Gasteiger partial charge in [-0.1, -0.05) is 23.7 Å². The lowest BCUT2D eigenvalue weighted by molar-refractivity contribution is -0.138. The minimum atomic E-state index is -0.299. The van der Waals surface area contributed by atoms with E-state index >= 15 is 0 Å². The van der Waals surface area contributed by atoms with Crippen LogP contribution in [0.5, 0.6) is 0 Å². The normalized spacial score (nSPS) is 30.9. The number of nitrogens with zero attached hydrogens (tertiary/aromatic N) is 1. The number of nitrogens with two attached hydrogens (primary N) is 1. The molecule has 2 fully saturated rings. The molecule has 1 aliphatic heterocycles. The van der Waals surface area contributed by atoms with Gasteiger partial charge in [-0.3, -0.25) is 9.59 Å². The number of primary amides is 1. The highest BCUT2D eigenvalue weighted by molar-refractivity contribution is 6.30. The molecule has 0 unspecified atom stereocenters. The first-order valence-corrected chi connectivity index (χ1v) is 8.20. The van der Waals surface area contributed by atoms with Crippen molar-refractivity contribution >= 4 is 23.4 Å². The third-order valence-electron chi connectivity index (χ3n) is 4.95. The largest absolute Gasteiger partial charge is 0.369 e. The maximum atomic E-state index is 12.7. The highest BCUT2D eigenvalue weighted by atomic mass is 35.5. The molecule has 4 atom stereocenters. The third-order valence-corrected chi connectivity index (χ3v) is 5.19. The zero-order valence-corrected chi connectivity index (χ0v) is 13.4. The number of rotatable bonds is 3. The number of hydrogen-bond donors (Lipinski definition) is 1. The van der Waals surface area contributed by atoms with E-state index in [-0.39, 0.29) is 35.6 Å². The van der Waals surface area contributed by atoms with Crippen molar-refractivity contribution in [1.29, 1.82) is 0 Å². The Morgan fingerprint density at radius 1 is 1.32 bits per heavy atom. The lowest BCUT2D eigenvalue weighted by atomic mass is 9.92. The Hall–Kier alpha value is -1.55. The maximum Gasteiger partial charge on any atom is 0.226 e. The van der Waals surface area contributed by atoms with Gasteiger partial charge in [0, 0.05) is 23.5 Å². The molecule has 1 aromatic rings. The van der Waals surface area contributed by atoms with Crippen molar-refractivity contribution in [1.82, 2.24) is 4.90 Å². The summed E-state index contributed by atoms with van der Waals surface area (Å²) in [7, 11) is 0. The van der Waals surface area contributed by atoms with Gasteiger partial charge in [0.15, 0.2) is 0 Å². The van der Waals surface area contributed by atoms with Gasteiger partial charge >= 0.3 is 0 Å². The second kappa shape index (κ2) is 5.92. The Bertz CT molecular complexity index is 604. The van der Waals surface area contributed by atoms with Crippen molar-refractivity contribution in [2.45, 2.75) is 38.1 Å². The van der Waals surface area contributed by atoms with Crippen LogP contribution in [0.25, 0.3) is 0 Å². The Morgan fingerprint density at radius 2 is 2.09 bits per heavy atom. The fraction of sp³-hybridized carbons (Fsp3) is 0.529. The van der Waals surface area contributed by atoms with E-state index < -0.39 is 0 Å². The molecule has 1 aromatic carbocycles. The van der Waals surface area contributed by atoms with Crippen molar-refractivity contribution in [3.05, 3.63) is 34.9 Å². The molecule has 2 aliphatic rings. The van der Waals surface area contributed by atoms with Crippen LogP contribution in [0, 0.1) is 11.8 Å². The molecule has 0 spiro atoms. The summed E-state index contributed by atoms with van der Waals surface area (Å²) in [5, 5.41) is 0.704. The molecule has 1 aliphatic carbocycles. The fourth-order valence-corrected chi connectivity index (χ4v) is 3.63. The number of amides is 2. The molecule has 1 saturated carbocycles. The van der Waals surface area contributed by atoms with Crippen LogP contribution in [-0.4, -0.2) is 29.3 Å². The van der Waals surface area contributed by atoms with E-state index in [2.05, 4.69) is 0 Å². The Kier molecular flexibility index (Phi) is 4.13. The van der Waals surface area contributed by atoms with E-state index in [0.29, 0.717) is 11.6 Å². The van der Waals surface area contributed by atoms with Crippen molar-refractivity contribution < 1.29 is 9.59 Å².